The molecule has 21 heavy (non-hydrogen) atoms. The van der Waals surface area contributed by atoms with E-state index < -0.39 is 0 Å². The molecule has 1 saturated heterocycles. The number of hydrogen-bond acceptors (Lipinski definition) is 3. The van der Waals surface area contributed by atoms with E-state index in [1.54, 1.807) is 0 Å². The van der Waals surface area contributed by atoms with Crippen LogP contribution in [0.5, 0.6) is 0 Å². The second-order valence-electron chi connectivity index (χ2n) is 5.20. The summed E-state index contributed by atoms with van der Waals surface area (Å²) >= 11 is 0. The molecule has 2 atom stereocenters. The minimum absolute atomic E-state index is 0.0360. The lowest BCUT2D eigenvalue weighted by molar-refractivity contribution is -0.131. The SMILES string of the molecule is CC1CCC(C(=O)NCc2ccc(C#CCCO)cc2)O1. The molecule has 0 saturated carbocycles. The summed E-state index contributed by atoms with van der Waals surface area (Å²) in [4.78, 5) is 11.9. The number of amides is 1. The van der Waals surface area contributed by atoms with E-state index in [0.717, 1.165) is 24.0 Å². The van der Waals surface area contributed by atoms with Crippen LogP contribution in [-0.4, -0.2) is 29.8 Å². The molecule has 1 aliphatic rings. The Balaban J connectivity index is 1.81. The van der Waals surface area contributed by atoms with Crippen molar-refractivity contribution >= 4 is 5.91 Å². The second kappa shape index (κ2) is 7.82. The van der Waals surface area contributed by atoms with E-state index >= 15 is 0 Å². The van der Waals surface area contributed by atoms with Gasteiger partial charge in [-0.25, -0.2) is 0 Å². The Bertz CT molecular complexity index is 527. The quantitative estimate of drug-likeness (QED) is 0.827. The number of aliphatic hydroxyl groups excluding tert-OH is 1. The molecule has 1 aromatic rings. The topological polar surface area (TPSA) is 58.6 Å². The second-order valence-corrected chi connectivity index (χ2v) is 5.20. The van der Waals surface area contributed by atoms with Gasteiger partial charge in [0.05, 0.1) is 12.7 Å². The van der Waals surface area contributed by atoms with Gasteiger partial charge in [-0.2, -0.15) is 0 Å². The Hall–Kier alpha value is -1.83. The molecule has 0 aliphatic carbocycles. The number of nitrogens with one attached hydrogen (secondary N) is 1. The fourth-order valence-electron chi connectivity index (χ4n) is 2.22. The molecule has 1 amide bonds. The van der Waals surface area contributed by atoms with Crippen molar-refractivity contribution < 1.29 is 14.6 Å². The third kappa shape index (κ3) is 4.89. The molecule has 1 heterocycles. The van der Waals surface area contributed by atoms with Crippen LogP contribution in [0.25, 0.3) is 0 Å². The Labute approximate surface area is 125 Å². The molecule has 1 fully saturated rings. The van der Waals surface area contributed by atoms with E-state index in [1.165, 1.54) is 0 Å². The van der Waals surface area contributed by atoms with E-state index in [9.17, 15) is 4.79 Å². The Morgan fingerprint density at radius 2 is 2.14 bits per heavy atom. The Kier molecular flexibility index (Phi) is 5.79. The van der Waals surface area contributed by atoms with Gasteiger partial charge in [0.1, 0.15) is 6.10 Å². The van der Waals surface area contributed by atoms with E-state index in [4.69, 9.17) is 9.84 Å². The summed E-state index contributed by atoms with van der Waals surface area (Å²) < 4.78 is 5.53. The predicted octanol–water partition coefficient (Wildman–Crippen LogP) is 1.60. The van der Waals surface area contributed by atoms with Gasteiger partial charge in [-0.05, 0) is 37.5 Å². The van der Waals surface area contributed by atoms with Gasteiger partial charge in [0.15, 0.2) is 0 Å². The minimum atomic E-state index is -0.302. The molecule has 0 radical (unpaired) electrons. The zero-order chi connectivity index (χ0) is 15.1. The first-order valence-corrected chi connectivity index (χ1v) is 7.31. The van der Waals surface area contributed by atoms with Gasteiger partial charge in [0, 0.05) is 18.5 Å². The molecule has 0 spiro atoms. The highest BCUT2D eigenvalue weighted by Gasteiger charge is 2.27. The van der Waals surface area contributed by atoms with Crippen molar-refractivity contribution in [3.63, 3.8) is 0 Å². The summed E-state index contributed by atoms with van der Waals surface area (Å²) in [7, 11) is 0. The Morgan fingerprint density at radius 3 is 2.76 bits per heavy atom. The van der Waals surface area contributed by atoms with Crippen LogP contribution in [0.3, 0.4) is 0 Å². The van der Waals surface area contributed by atoms with Crippen molar-refractivity contribution in [1.29, 1.82) is 0 Å². The summed E-state index contributed by atoms with van der Waals surface area (Å²) in [5, 5.41) is 11.6. The fourth-order valence-corrected chi connectivity index (χ4v) is 2.22. The van der Waals surface area contributed by atoms with E-state index in [-0.39, 0.29) is 24.7 Å². The summed E-state index contributed by atoms with van der Waals surface area (Å²) in [6.45, 7) is 2.57. The number of aliphatic hydroxyl groups is 1. The average Bonchev–Trinajstić information content (AvgIpc) is 2.93. The maximum Gasteiger partial charge on any atom is 0.249 e. The van der Waals surface area contributed by atoms with Gasteiger partial charge in [-0.3, -0.25) is 4.79 Å². The third-order valence-corrected chi connectivity index (χ3v) is 3.41. The van der Waals surface area contributed by atoms with Crippen molar-refractivity contribution in [2.75, 3.05) is 6.61 Å². The fraction of sp³-hybridized carbons (Fsp3) is 0.471. The molecular weight excluding hydrogens is 266 g/mol. The average molecular weight is 287 g/mol. The van der Waals surface area contributed by atoms with Crippen LogP contribution in [0.4, 0.5) is 0 Å². The molecule has 2 rings (SSSR count). The summed E-state index contributed by atoms with van der Waals surface area (Å²) in [5.41, 5.74) is 1.94. The lowest BCUT2D eigenvalue weighted by Gasteiger charge is -2.11. The highest BCUT2D eigenvalue weighted by molar-refractivity contribution is 5.81. The van der Waals surface area contributed by atoms with Crippen molar-refractivity contribution in [2.45, 2.75) is 44.9 Å². The highest BCUT2D eigenvalue weighted by atomic mass is 16.5. The monoisotopic (exact) mass is 287 g/mol. The summed E-state index contributed by atoms with van der Waals surface area (Å²) in [6.07, 6.45) is 2.10. The van der Waals surface area contributed by atoms with Crippen LogP contribution in [0.2, 0.25) is 0 Å². The number of carbonyl (C=O) groups is 1. The lowest BCUT2D eigenvalue weighted by atomic mass is 10.1. The van der Waals surface area contributed by atoms with E-state index in [2.05, 4.69) is 17.2 Å². The minimum Gasteiger partial charge on any atom is -0.395 e. The van der Waals surface area contributed by atoms with Gasteiger partial charge >= 0.3 is 0 Å². The van der Waals surface area contributed by atoms with Crippen molar-refractivity contribution in [3.05, 3.63) is 35.4 Å². The molecule has 4 heteroatoms. The first-order chi connectivity index (χ1) is 10.2. The lowest BCUT2D eigenvalue weighted by Crippen LogP contribution is -2.34. The van der Waals surface area contributed by atoms with Crippen LogP contribution in [0, 0.1) is 11.8 Å². The maximum atomic E-state index is 11.9. The summed E-state index contributed by atoms with van der Waals surface area (Å²) in [5.74, 6) is 5.81. The molecule has 112 valence electrons. The molecular formula is C17H21NO3. The van der Waals surface area contributed by atoms with Crippen molar-refractivity contribution in [1.82, 2.24) is 5.32 Å². The first kappa shape index (κ1) is 15.6. The molecule has 2 unspecified atom stereocenters. The normalized spacial score (nSPS) is 20.7. The molecule has 1 aromatic carbocycles. The number of benzene rings is 1. The standard InChI is InChI=1S/C17H21NO3/c1-13-5-10-16(21-13)17(20)18-12-15-8-6-14(7-9-15)4-2-3-11-19/h6-9,13,16,19H,3,5,10-12H2,1H3,(H,18,20). The molecule has 1 aliphatic heterocycles. The number of carbonyl (C=O) groups excluding carboxylic acids is 1. The highest BCUT2D eigenvalue weighted by Crippen LogP contribution is 2.19. The van der Waals surface area contributed by atoms with Gasteiger partial charge in [0.25, 0.3) is 0 Å². The Morgan fingerprint density at radius 1 is 1.38 bits per heavy atom. The van der Waals surface area contributed by atoms with Crippen molar-refractivity contribution in [2.24, 2.45) is 0 Å². The largest absolute Gasteiger partial charge is 0.395 e. The van der Waals surface area contributed by atoms with Crippen LogP contribution >= 0.6 is 0 Å². The number of rotatable bonds is 4. The van der Waals surface area contributed by atoms with Crippen LogP contribution in [0.1, 0.15) is 37.3 Å². The molecule has 0 aromatic heterocycles. The number of ether oxygens (including phenoxy) is 1. The van der Waals surface area contributed by atoms with Gasteiger partial charge in [-0.1, -0.05) is 24.0 Å². The number of hydrogen-bond donors (Lipinski definition) is 2. The van der Waals surface area contributed by atoms with Crippen molar-refractivity contribution in [3.8, 4) is 11.8 Å². The van der Waals surface area contributed by atoms with Gasteiger partial charge < -0.3 is 15.2 Å². The van der Waals surface area contributed by atoms with E-state index in [0.29, 0.717) is 13.0 Å². The van der Waals surface area contributed by atoms with Crippen LogP contribution in [-0.2, 0) is 16.1 Å². The molecule has 2 N–H and O–H groups in total. The molecule has 0 bridgehead atoms. The van der Waals surface area contributed by atoms with Gasteiger partial charge in [0.2, 0.25) is 5.91 Å². The first-order valence-electron chi connectivity index (χ1n) is 7.31. The molecule has 4 nitrogen and oxygen atoms in total. The zero-order valence-corrected chi connectivity index (χ0v) is 12.3. The maximum absolute atomic E-state index is 11.9. The summed E-state index contributed by atoms with van der Waals surface area (Å²) in [6, 6.07) is 7.72. The smallest absolute Gasteiger partial charge is 0.249 e. The van der Waals surface area contributed by atoms with Crippen LogP contribution in [0.15, 0.2) is 24.3 Å². The zero-order valence-electron chi connectivity index (χ0n) is 12.3. The van der Waals surface area contributed by atoms with E-state index in [1.807, 2.05) is 31.2 Å². The van der Waals surface area contributed by atoms with Gasteiger partial charge in [-0.15, -0.1) is 0 Å². The van der Waals surface area contributed by atoms with Crippen LogP contribution < -0.4 is 5.32 Å². The third-order valence-electron chi connectivity index (χ3n) is 3.41. The predicted molar refractivity (Wildman–Crippen MR) is 80.4 cm³/mol.